The van der Waals surface area contributed by atoms with Crippen LogP contribution in [0.4, 0.5) is 0 Å². The van der Waals surface area contributed by atoms with Crippen molar-refractivity contribution in [3.05, 3.63) is 58.1 Å². The predicted molar refractivity (Wildman–Crippen MR) is 104 cm³/mol. The normalized spacial score (nSPS) is 10.2. The Balaban J connectivity index is 1.67. The lowest BCUT2D eigenvalue weighted by Crippen LogP contribution is -2.41. The van der Waals surface area contributed by atoms with Crippen LogP contribution in [0.5, 0.6) is 11.5 Å². The van der Waals surface area contributed by atoms with Crippen molar-refractivity contribution in [2.24, 2.45) is 0 Å². The maximum Gasteiger partial charge on any atom is 0.271 e. The molecular weight excluding hydrogens is 391 g/mol. The molecule has 2 N–H and O–H groups in total. The fourth-order valence-corrected chi connectivity index (χ4v) is 2.52. The number of ether oxygens (including phenoxy) is 2. The SMILES string of the molecule is CCOc1ccc(OCCCC(=O)NNC(=O)c2cc(Cl)ccc2Cl)cc1. The van der Waals surface area contributed by atoms with E-state index in [0.29, 0.717) is 30.4 Å². The van der Waals surface area contributed by atoms with Crippen LogP contribution in [0.3, 0.4) is 0 Å². The molecule has 0 spiro atoms. The van der Waals surface area contributed by atoms with E-state index >= 15 is 0 Å². The molecule has 0 radical (unpaired) electrons. The van der Waals surface area contributed by atoms with E-state index in [-0.39, 0.29) is 22.9 Å². The van der Waals surface area contributed by atoms with E-state index in [0.717, 1.165) is 5.75 Å². The number of amides is 2. The van der Waals surface area contributed by atoms with Gasteiger partial charge in [0.1, 0.15) is 11.5 Å². The highest BCUT2D eigenvalue weighted by atomic mass is 35.5. The van der Waals surface area contributed by atoms with E-state index < -0.39 is 5.91 Å². The minimum absolute atomic E-state index is 0.184. The molecule has 2 aromatic rings. The van der Waals surface area contributed by atoms with Gasteiger partial charge < -0.3 is 9.47 Å². The molecule has 0 fully saturated rings. The highest BCUT2D eigenvalue weighted by Crippen LogP contribution is 2.20. The van der Waals surface area contributed by atoms with Crippen molar-refractivity contribution in [1.82, 2.24) is 10.9 Å². The summed E-state index contributed by atoms with van der Waals surface area (Å²) in [6, 6.07) is 11.8. The molecule has 0 heterocycles. The maximum absolute atomic E-state index is 12.0. The first-order valence-corrected chi connectivity index (χ1v) is 9.15. The lowest BCUT2D eigenvalue weighted by Gasteiger charge is -2.10. The summed E-state index contributed by atoms with van der Waals surface area (Å²) in [5.74, 6) is 0.598. The van der Waals surface area contributed by atoms with E-state index in [1.165, 1.54) is 12.1 Å². The van der Waals surface area contributed by atoms with Gasteiger partial charge in [0.25, 0.3) is 5.91 Å². The molecule has 0 saturated heterocycles. The van der Waals surface area contributed by atoms with Gasteiger partial charge in [0.15, 0.2) is 0 Å². The molecule has 0 aliphatic carbocycles. The van der Waals surface area contributed by atoms with Gasteiger partial charge in [-0.05, 0) is 55.8 Å². The summed E-state index contributed by atoms with van der Waals surface area (Å²) in [4.78, 5) is 23.8. The molecule has 2 amide bonds. The Bertz CT molecular complexity index is 782. The zero-order valence-corrected chi connectivity index (χ0v) is 16.3. The molecule has 0 aliphatic rings. The molecule has 0 aromatic heterocycles. The molecule has 6 nitrogen and oxygen atoms in total. The summed E-state index contributed by atoms with van der Waals surface area (Å²) in [5, 5.41) is 0.622. The minimum Gasteiger partial charge on any atom is -0.494 e. The number of hydrogen-bond donors (Lipinski definition) is 2. The number of rotatable bonds is 8. The molecule has 27 heavy (non-hydrogen) atoms. The first kappa shape index (κ1) is 20.9. The fraction of sp³-hybridized carbons (Fsp3) is 0.263. The summed E-state index contributed by atoms with van der Waals surface area (Å²) in [6.45, 7) is 2.90. The monoisotopic (exact) mass is 410 g/mol. The van der Waals surface area contributed by atoms with Gasteiger partial charge in [-0.3, -0.25) is 20.4 Å². The van der Waals surface area contributed by atoms with Crippen molar-refractivity contribution in [2.75, 3.05) is 13.2 Å². The van der Waals surface area contributed by atoms with Crippen LogP contribution in [-0.2, 0) is 4.79 Å². The van der Waals surface area contributed by atoms with Crippen LogP contribution in [0.2, 0.25) is 10.0 Å². The van der Waals surface area contributed by atoms with Gasteiger partial charge in [-0.25, -0.2) is 0 Å². The summed E-state index contributed by atoms with van der Waals surface area (Å²) < 4.78 is 10.9. The molecule has 144 valence electrons. The van der Waals surface area contributed by atoms with Crippen LogP contribution < -0.4 is 20.3 Å². The van der Waals surface area contributed by atoms with E-state index in [2.05, 4.69) is 10.9 Å². The third-order valence-electron chi connectivity index (χ3n) is 3.44. The van der Waals surface area contributed by atoms with Crippen LogP contribution in [0.25, 0.3) is 0 Å². The van der Waals surface area contributed by atoms with Crippen molar-refractivity contribution in [1.29, 1.82) is 0 Å². The number of hydrazine groups is 1. The van der Waals surface area contributed by atoms with E-state index in [1.807, 2.05) is 19.1 Å². The van der Waals surface area contributed by atoms with Crippen LogP contribution in [0.1, 0.15) is 30.1 Å². The van der Waals surface area contributed by atoms with Crippen molar-refractivity contribution in [2.45, 2.75) is 19.8 Å². The van der Waals surface area contributed by atoms with Crippen LogP contribution in [0.15, 0.2) is 42.5 Å². The predicted octanol–water partition coefficient (Wildman–Crippen LogP) is 4.01. The Morgan fingerprint density at radius 2 is 1.63 bits per heavy atom. The largest absolute Gasteiger partial charge is 0.494 e. The van der Waals surface area contributed by atoms with Gasteiger partial charge in [-0.15, -0.1) is 0 Å². The fourth-order valence-electron chi connectivity index (χ4n) is 2.15. The molecule has 0 saturated carbocycles. The number of carbonyl (C=O) groups is 2. The summed E-state index contributed by atoms with van der Waals surface area (Å²) >= 11 is 11.8. The van der Waals surface area contributed by atoms with Gasteiger partial charge in [0, 0.05) is 11.4 Å². The Hall–Kier alpha value is -2.44. The topological polar surface area (TPSA) is 76.7 Å². The zero-order valence-electron chi connectivity index (χ0n) is 14.8. The van der Waals surface area contributed by atoms with E-state index in [1.54, 1.807) is 18.2 Å². The molecule has 0 atom stereocenters. The second kappa shape index (κ2) is 10.6. The minimum atomic E-state index is -0.540. The Morgan fingerprint density at radius 3 is 2.30 bits per heavy atom. The molecule has 2 aromatic carbocycles. The average Bonchev–Trinajstić information content (AvgIpc) is 2.66. The van der Waals surface area contributed by atoms with Gasteiger partial charge in [-0.2, -0.15) is 0 Å². The third kappa shape index (κ3) is 7.00. The van der Waals surface area contributed by atoms with Crippen LogP contribution in [0, 0.1) is 0 Å². The third-order valence-corrected chi connectivity index (χ3v) is 4.00. The number of benzene rings is 2. The van der Waals surface area contributed by atoms with Crippen molar-refractivity contribution in [3.63, 3.8) is 0 Å². The Kier molecular flexibility index (Phi) is 8.23. The second-order valence-electron chi connectivity index (χ2n) is 5.48. The molecule has 0 aliphatic heterocycles. The van der Waals surface area contributed by atoms with Gasteiger partial charge >= 0.3 is 0 Å². The van der Waals surface area contributed by atoms with Crippen LogP contribution >= 0.6 is 23.2 Å². The number of nitrogens with one attached hydrogen (secondary N) is 2. The highest BCUT2D eigenvalue weighted by Gasteiger charge is 2.12. The highest BCUT2D eigenvalue weighted by molar-refractivity contribution is 6.35. The average molecular weight is 411 g/mol. The number of halogens is 2. The van der Waals surface area contributed by atoms with E-state index in [4.69, 9.17) is 32.7 Å². The lowest BCUT2D eigenvalue weighted by atomic mass is 10.2. The van der Waals surface area contributed by atoms with Crippen molar-refractivity contribution >= 4 is 35.0 Å². The summed E-state index contributed by atoms with van der Waals surface area (Å²) in [6.07, 6.45) is 0.688. The van der Waals surface area contributed by atoms with E-state index in [9.17, 15) is 9.59 Å². The van der Waals surface area contributed by atoms with Gasteiger partial charge in [-0.1, -0.05) is 23.2 Å². The quantitative estimate of drug-likeness (QED) is 0.508. The zero-order chi connectivity index (χ0) is 19.6. The lowest BCUT2D eigenvalue weighted by molar-refractivity contribution is -0.122. The Morgan fingerprint density at radius 1 is 0.963 bits per heavy atom. The van der Waals surface area contributed by atoms with Crippen LogP contribution in [-0.4, -0.2) is 25.0 Å². The molecule has 0 bridgehead atoms. The first-order valence-electron chi connectivity index (χ1n) is 8.39. The molecule has 2 rings (SSSR count). The second-order valence-corrected chi connectivity index (χ2v) is 6.33. The smallest absolute Gasteiger partial charge is 0.271 e. The number of hydrogen-bond acceptors (Lipinski definition) is 4. The summed E-state index contributed by atoms with van der Waals surface area (Å²) in [7, 11) is 0. The van der Waals surface area contributed by atoms with Crippen molar-refractivity contribution in [3.8, 4) is 11.5 Å². The van der Waals surface area contributed by atoms with Gasteiger partial charge in [0.2, 0.25) is 5.91 Å². The maximum atomic E-state index is 12.0. The van der Waals surface area contributed by atoms with Gasteiger partial charge in [0.05, 0.1) is 23.8 Å². The molecule has 8 heteroatoms. The number of carbonyl (C=O) groups excluding carboxylic acids is 2. The Labute approximate surface area is 167 Å². The molecule has 0 unspecified atom stereocenters. The standard InChI is InChI=1S/C19H20Cl2N2O4/c1-2-26-14-6-8-15(9-7-14)27-11-3-4-18(24)22-23-19(25)16-12-13(20)5-10-17(16)21/h5-10,12H,2-4,11H2,1H3,(H,22,24)(H,23,25). The van der Waals surface area contributed by atoms with Crippen molar-refractivity contribution < 1.29 is 19.1 Å². The first-order chi connectivity index (χ1) is 13.0. The molecular formula is C19H20Cl2N2O4. The summed E-state index contributed by atoms with van der Waals surface area (Å²) in [5.41, 5.74) is 4.83.